The van der Waals surface area contributed by atoms with Crippen molar-refractivity contribution in [2.24, 2.45) is 5.92 Å². The molecular formula is C14H22N2O3. The van der Waals surface area contributed by atoms with Crippen molar-refractivity contribution < 1.29 is 14.3 Å². The maximum atomic E-state index is 12.4. The van der Waals surface area contributed by atoms with Gasteiger partial charge in [0.1, 0.15) is 5.54 Å². The first kappa shape index (κ1) is 14.1. The Balaban J connectivity index is 1.90. The SMILES string of the molecule is C=C(C)COCCN1CC(=O)NC(C)(C2CC2)C1=O. The Bertz CT molecular complexity index is 403. The largest absolute Gasteiger partial charge is 0.375 e. The highest BCUT2D eigenvalue weighted by Crippen LogP contribution is 2.41. The lowest BCUT2D eigenvalue weighted by Crippen LogP contribution is -2.66. The van der Waals surface area contributed by atoms with Crippen LogP contribution in [-0.2, 0) is 14.3 Å². The van der Waals surface area contributed by atoms with Gasteiger partial charge >= 0.3 is 0 Å². The Morgan fingerprint density at radius 3 is 2.79 bits per heavy atom. The van der Waals surface area contributed by atoms with Crippen molar-refractivity contribution in [3.63, 3.8) is 0 Å². The molecule has 0 aromatic heterocycles. The number of nitrogens with one attached hydrogen (secondary N) is 1. The molecule has 1 saturated carbocycles. The molecule has 0 bridgehead atoms. The van der Waals surface area contributed by atoms with Crippen LogP contribution in [-0.4, -0.2) is 48.6 Å². The van der Waals surface area contributed by atoms with Crippen LogP contribution in [0.3, 0.4) is 0 Å². The van der Waals surface area contributed by atoms with E-state index in [9.17, 15) is 9.59 Å². The molecule has 2 fully saturated rings. The lowest BCUT2D eigenvalue weighted by Gasteiger charge is -2.40. The molecular weight excluding hydrogens is 244 g/mol. The first-order valence-electron chi connectivity index (χ1n) is 6.76. The van der Waals surface area contributed by atoms with Crippen LogP contribution in [0.25, 0.3) is 0 Å². The van der Waals surface area contributed by atoms with Crippen LogP contribution in [0.2, 0.25) is 0 Å². The van der Waals surface area contributed by atoms with Crippen molar-refractivity contribution in [1.82, 2.24) is 10.2 Å². The number of carbonyl (C=O) groups is 2. The Morgan fingerprint density at radius 1 is 1.53 bits per heavy atom. The molecule has 0 aromatic carbocycles. The molecule has 19 heavy (non-hydrogen) atoms. The number of carbonyl (C=O) groups excluding carboxylic acids is 2. The van der Waals surface area contributed by atoms with Crippen molar-refractivity contribution in [3.8, 4) is 0 Å². The van der Waals surface area contributed by atoms with Crippen LogP contribution in [0.1, 0.15) is 26.7 Å². The quantitative estimate of drug-likeness (QED) is 0.569. The number of hydrogen-bond acceptors (Lipinski definition) is 3. The highest BCUT2D eigenvalue weighted by molar-refractivity contribution is 5.98. The molecule has 1 atom stereocenters. The fourth-order valence-corrected chi connectivity index (χ4v) is 2.50. The van der Waals surface area contributed by atoms with Crippen molar-refractivity contribution >= 4 is 11.8 Å². The molecule has 0 aromatic rings. The first-order valence-corrected chi connectivity index (χ1v) is 6.76. The zero-order chi connectivity index (χ0) is 14.0. The van der Waals surface area contributed by atoms with E-state index < -0.39 is 5.54 Å². The van der Waals surface area contributed by atoms with Crippen molar-refractivity contribution in [2.75, 3.05) is 26.3 Å². The van der Waals surface area contributed by atoms with Gasteiger partial charge in [0.2, 0.25) is 11.8 Å². The van der Waals surface area contributed by atoms with Gasteiger partial charge in [-0.1, -0.05) is 12.2 Å². The van der Waals surface area contributed by atoms with Gasteiger partial charge in [-0.25, -0.2) is 0 Å². The molecule has 5 heteroatoms. The smallest absolute Gasteiger partial charge is 0.248 e. The monoisotopic (exact) mass is 266 g/mol. The fraction of sp³-hybridized carbons (Fsp3) is 0.714. The van der Waals surface area contributed by atoms with E-state index in [0.717, 1.165) is 18.4 Å². The minimum Gasteiger partial charge on any atom is -0.375 e. The third-order valence-electron chi connectivity index (χ3n) is 3.71. The Morgan fingerprint density at radius 2 is 2.21 bits per heavy atom. The van der Waals surface area contributed by atoms with E-state index in [1.54, 1.807) is 4.90 Å². The maximum Gasteiger partial charge on any atom is 0.248 e. The molecule has 1 saturated heterocycles. The Kier molecular flexibility index (Phi) is 3.94. The second-order valence-corrected chi connectivity index (χ2v) is 5.76. The minimum absolute atomic E-state index is 0.0218. The highest BCUT2D eigenvalue weighted by Gasteiger charge is 2.52. The standard InChI is InChI=1S/C14H22N2O3/c1-10(2)9-19-7-6-16-8-12(17)15-14(3,13(16)18)11-4-5-11/h11H,1,4-9H2,2-3H3,(H,15,17). The number of rotatable bonds is 6. The molecule has 2 amide bonds. The van der Waals surface area contributed by atoms with Crippen LogP contribution < -0.4 is 5.32 Å². The number of nitrogens with zero attached hydrogens (tertiary/aromatic N) is 1. The normalized spacial score (nSPS) is 27.4. The van der Waals surface area contributed by atoms with Crippen LogP contribution in [0.5, 0.6) is 0 Å². The molecule has 1 aliphatic heterocycles. The molecule has 1 heterocycles. The van der Waals surface area contributed by atoms with Crippen LogP contribution in [0, 0.1) is 5.92 Å². The van der Waals surface area contributed by atoms with Gasteiger partial charge in [-0.3, -0.25) is 9.59 Å². The number of ether oxygens (including phenoxy) is 1. The third-order valence-corrected chi connectivity index (χ3v) is 3.71. The van der Waals surface area contributed by atoms with Gasteiger partial charge in [0.05, 0.1) is 19.8 Å². The topological polar surface area (TPSA) is 58.6 Å². The predicted molar refractivity (Wildman–Crippen MR) is 71.5 cm³/mol. The summed E-state index contributed by atoms with van der Waals surface area (Å²) in [4.78, 5) is 25.8. The zero-order valence-corrected chi connectivity index (χ0v) is 11.7. The van der Waals surface area contributed by atoms with Gasteiger partial charge in [-0.15, -0.1) is 0 Å². The van der Waals surface area contributed by atoms with Crippen molar-refractivity contribution in [3.05, 3.63) is 12.2 Å². The molecule has 2 rings (SSSR count). The molecule has 1 aliphatic carbocycles. The van der Waals surface area contributed by atoms with E-state index in [1.165, 1.54) is 0 Å². The van der Waals surface area contributed by atoms with E-state index in [4.69, 9.17) is 4.74 Å². The summed E-state index contributed by atoms with van der Waals surface area (Å²) >= 11 is 0. The van der Waals surface area contributed by atoms with Gasteiger partial charge < -0.3 is 15.0 Å². The molecule has 5 nitrogen and oxygen atoms in total. The molecule has 0 radical (unpaired) electrons. The summed E-state index contributed by atoms with van der Waals surface area (Å²) in [6.07, 6.45) is 2.03. The van der Waals surface area contributed by atoms with Crippen molar-refractivity contribution in [2.45, 2.75) is 32.2 Å². The molecule has 2 aliphatic rings. The first-order chi connectivity index (χ1) is 8.93. The summed E-state index contributed by atoms with van der Waals surface area (Å²) in [6.45, 7) is 9.01. The number of amides is 2. The summed E-state index contributed by atoms with van der Waals surface area (Å²) in [7, 11) is 0. The van der Waals surface area contributed by atoms with E-state index >= 15 is 0 Å². The Hall–Kier alpha value is -1.36. The van der Waals surface area contributed by atoms with E-state index in [0.29, 0.717) is 25.7 Å². The van der Waals surface area contributed by atoms with E-state index in [-0.39, 0.29) is 18.4 Å². The Labute approximate surface area is 114 Å². The minimum atomic E-state index is -0.705. The number of hydrogen-bond donors (Lipinski definition) is 1. The summed E-state index contributed by atoms with van der Waals surface area (Å²) in [5, 5.41) is 2.86. The van der Waals surface area contributed by atoms with Crippen LogP contribution in [0.15, 0.2) is 12.2 Å². The summed E-state index contributed by atoms with van der Waals surface area (Å²) < 4.78 is 5.40. The van der Waals surface area contributed by atoms with Crippen molar-refractivity contribution in [1.29, 1.82) is 0 Å². The fourth-order valence-electron chi connectivity index (χ4n) is 2.50. The lowest BCUT2D eigenvalue weighted by atomic mass is 9.91. The maximum absolute atomic E-state index is 12.4. The third kappa shape index (κ3) is 3.15. The zero-order valence-electron chi connectivity index (χ0n) is 11.7. The molecule has 0 spiro atoms. The van der Waals surface area contributed by atoms with Gasteiger partial charge in [0.25, 0.3) is 0 Å². The van der Waals surface area contributed by atoms with E-state index in [2.05, 4.69) is 11.9 Å². The second-order valence-electron chi connectivity index (χ2n) is 5.76. The highest BCUT2D eigenvalue weighted by atomic mass is 16.5. The predicted octanol–water partition coefficient (Wildman–Crippen LogP) is 0.706. The summed E-state index contributed by atoms with van der Waals surface area (Å²) in [5.74, 6) is 0.241. The van der Waals surface area contributed by atoms with Gasteiger partial charge in [-0.05, 0) is 32.6 Å². The lowest BCUT2D eigenvalue weighted by molar-refractivity contribution is -0.150. The average Bonchev–Trinajstić information content (AvgIpc) is 3.14. The molecule has 106 valence electrons. The van der Waals surface area contributed by atoms with Crippen LogP contribution >= 0.6 is 0 Å². The molecule has 1 unspecified atom stereocenters. The molecule has 1 N–H and O–H groups in total. The summed E-state index contributed by atoms with van der Waals surface area (Å²) in [5.41, 5.74) is 0.245. The average molecular weight is 266 g/mol. The second kappa shape index (κ2) is 5.33. The van der Waals surface area contributed by atoms with Gasteiger partial charge in [0, 0.05) is 6.54 Å². The van der Waals surface area contributed by atoms with Crippen LogP contribution in [0.4, 0.5) is 0 Å². The summed E-state index contributed by atoms with van der Waals surface area (Å²) in [6, 6.07) is 0. The number of piperazine rings is 1. The van der Waals surface area contributed by atoms with Gasteiger partial charge in [0.15, 0.2) is 0 Å². The van der Waals surface area contributed by atoms with Gasteiger partial charge in [-0.2, -0.15) is 0 Å². The van der Waals surface area contributed by atoms with E-state index in [1.807, 2.05) is 13.8 Å².